The topological polar surface area (TPSA) is 70.7 Å². The number of carbonyl (C=O) groups is 2. The summed E-state index contributed by atoms with van der Waals surface area (Å²) in [5, 5.41) is 5.65. The molecule has 1 heterocycles. The van der Waals surface area contributed by atoms with E-state index in [-0.39, 0.29) is 11.8 Å². The van der Waals surface area contributed by atoms with E-state index in [4.69, 9.17) is 4.74 Å². The maximum Gasteiger partial charge on any atom is 0.408 e. The van der Waals surface area contributed by atoms with E-state index in [0.29, 0.717) is 0 Å². The summed E-state index contributed by atoms with van der Waals surface area (Å²) < 4.78 is 5.31. The molecule has 0 spiro atoms. The number of ether oxygens (including phenoxy) is 1. The third-order valence-corrected chi connectivity index (χ3v) is 5.02. The summed E-state index contributed by atoms with van der Waals surface area (Å²) in [5.74, 6) is -0.244. The Morgan fingerprint density at radius 2 is 1.63 bits per heavy atom. The molecule has 1 aromatic rings. The van der Waals surface area contributed by atoms with Gasteiger partial charge in [-0.1, -0.05) is 34.1 Å². The number of nitrogens with zero attached hydrogens (tertiary/aromatic N) is 1. The van der Waals surface area contributed by atoms with Crippen LogP contribution in [0.2, 0.25) is 0 Å². The van der Waals surface area contributed by atoms with E-state index in [2.05, 4.69) is 15.5 Å². The number of nitrogens with one attached hydrogen (secondary N) is 2. The van der Waals surface area contributed by atoms with Crippen molar-refractivity contribution in [3.8, 4) is 0 Å². The fourth-order valence-corrected chi connectivity index (χ4v) is 3.26. The zero-order chi connectivity index (χ0) is 22.7. The number of anilines is 2. The molecule has 1 aliphatic rings. The first-order valence-electron chi connectivity index (χ1n) is 11.3. The number of benzene rings is 1. The summed E-state index contributed by atoms with van der Waals surface area (Å²) in [7, 11) is 0. The average molecular weight is 420 g/mol. The first-order chi connectivity index (χ1) is 14.2. The smallest absolute Gasteiger partial charge is 0.408 e. The minimum atomic E-state index is -0.651. The number of carbonyl (C=O) groups excluding carboxylic acids is 2. The van der Waals surface area contributed by atoms with Crippen molar-refractivity contribution in [2.24, 2.45) is 5.92 Å². The molecule has 30 heavy (non-hydrogen) atoms. The Labute approximate surface area is 182 Å². The Morgan fingerprint density at radius 3 is 2.13 bits per heavy atom. The van der Waals surface area contributed by atoms with Gasteiger partial charge in [0, 0.05) is 24.5 Å². The van der Waals surface area contributed by atoms with Crippen molar-refractivity contribution >= 4 is 23.4 Å². The van der Waals surface area contributed by atoms with Gasteiger partial charge in [-0.2, -0.15) is 0 Å². The van der Waals surface area contributed by atoms with Crippen molar-refractivity contribution in [3.63, 3.8) is 0 Å². The molecule has 170 valence electrons. The third kappa shape index (κ3) is 8.64. The van der Waals surface area contributed by atoms with Gasteiger partial charge in [0.2, 0.25) is 5.91 Å². The van der Waals surface area contributed by atoms with Crippen LogP contribution in [0, 0.1) is 5.92 Å². The Hall–Kier alpha value is -2.24. The number of hydrogen-bond donors (Lipinski definition) is 2. The second-order valence-corrected chi connectivity index (χ2v) is 8.59. The fraction of sp³-hybridized carbons (Fsp3) is 0.667. The minimum absolute atomic E-state index is 0.0138. The van der Waals surface area contributed by atoms with Gasteiger partial charge in [-0.25, -0.2) is 4.79 Å². The molecule has 2 amide bonds. The van der Waals surface area contributed by atoms with Crippen LogP contribution >= 0.6 is 0 Å². The van der Waals surface area contributed by atoms with E-state index in [1.165, 1.54) is 24.9 Å². The standard InChI is InChI=1S/C22H35N3O3.C2H6/c1-6-16(2)19(24-21(27)28-22(3,4)5)20(26)23-17-10-12-18(13-11-17)25-14-8-7-9-15-25;1-2/h10-13,16,19H,6-9,14-15H2,1-5H3,(H,23,26)(H,24,27);1-2H3/t16-,19?;/m0./s1. The SMILES string of the molecule is CC.CC[C@H](C)C(NC(=O)OC(C)(C)C)C(=O)Nc1ccc(N2CCCCC2)cc1. The highest BCUT2D eigenvalue weighted by molar-refractivity contribution is 5.96. The van der Waals surface area contributed by atoms with Gasteiger partial charge in [0.1, 0.15) is 11.6 Å². The number of piperidine rings is 1. The lowest BCUT2D eigenvalue weighted by atomic mass is 9.98. The molecule has 6 nitrogen and oxygen atoms in total. The molecule has 2 rings (SSSR count). The minimum Gasteiger partial charge on any atom is -0.444 e. The molecule has 0 saturated carbocycles. The Bertz CT molecular complexity index is 647. The second-order valence-electron chi connectivity index (χ2n) is 8.59. The lowest BCUT2D eigenvalue weighted by Gasteiger charge is -2.29. The lowest BCUT2D eigenvalue weighted by molar-refractivity contribution is -0.119. The van der Waals surface area contributed by atoms with E-state index in [1.54, 1.807) is 20.8 Å². The van der Waals surface area contributed by atoms with Crippen molar-refractivity contribution in [1.29, 1.82) is 0 Å². The van der Waals surface area contributed by atoms with Gasteiger partial charge >= 0.3 is 6.09 Å². The van der Waals surface area contributed by atoms with Crippen LogP contribution in [-0.2, 0) is 9.53 Å². The quantitative estimate of drug-likeness (QED) is 0.631. The second kappa shape index (κ2) is 12.5. The summed E-state index contributed by atoms with van der Waals surface area (Å²) in [6.45, 7) is 15.5. The van der Waals surface area contributed by atoms with Gasteiger partial charge in [-0.05, 0) is 70.2 Å². The maximum atomic E-state index is 12.8. The van der Waals surface area contributed by atoms with Crippen LogP contribution in [0.4, 0.5) is 16.2 Å². The van der Waals surface area contributed by atoms with Gasteiger partial charge in [-0.15, -0.1) is 0 Å². The monoisotopic (exact) mass is 419 g/mol. The van der Waals surface area contributed by atoms with Crippen molar-refractivity contribution < 1.29 is 14.3 Å². The van der Waals surface area contributed by atoms with Crippen LogP contribution in [0.25, 0.3) is 0 Å². The molecule has 0 aliphatic carbocycles. The molecule has 0 radical (unpaired) electrons. The number of rotatable bonds is 6. The van der Waals surface area contributed by atoms with E-state index in [1.807, 2.05) is 52.0 Å². The van der Waals surface area contributed by atoms with Crippen molar-refractivity contribution in [3.05, 3.63) is 24.3 Å². The van der Waals surface area contributed by atoms with Crippen LogP contribution in [0.3, 0.4) is 0 Å². The van der Waals surface area contributed by atoms with Crippen LogP contribution in [0.15, 0.2) is 24.3 Å². The van der Waals surface area contributed by atoms with Gasteiger partial charge in [0.25, 0.3) is 0 Å². The average Bonchev–Trinajstić information content (AvgIpc) is 2.73. The van der Waals surface area contributed by atoms with E-state index >= 15 is 0 Å². The zero-order valence-electron chi connectivity index (χ0n) is 19.9. The predicted molar refractivity (Wildman–Crippen MR) is 125 cm³/mol. The molecule has 1 unspecified atom stereocenters. The molecular weight excluding hydrogens is 378 g/mol. The lowest BCUT2D eigenvalue weighted by Crippen LogP contribution is -2.49. The molecule has 0 bridgehead atoms. The Kier molecular flexibility index (Phi) is 10.7. The van der Waals surface area contributed by atoms with Gasteiger partial charge < -0.3 is 20.3 Å². The molecule has 6 heteroatoms. The van der Waals surface area contributed by atoms with Gasteiger partial charge in [-0.3, -0.25) is 4.79 Å². The van der Waals surface area contributed by atoms with Gasteiger partial charge in [0.05, 0.1) is 0 Å². The summed E-state index contributed by atoms with van der Waals surface area (Å²) in [6, 6.07) is 7.27. The highest BCUT2D eigenvalue weighted by Gasteiger charge is 2.28. The summed E-state index contributed by atoms with van der Waals surface area (Å²) >= 11 is 0. The summed E-state index contributed by atoms with van der Waals surface area (Å²) in [6.07, 6.45) is 3.94. The molecule has 1 aliphatic heterocycles. The van der Waals surface area contributed by atoms with Crippen molar-refractivity contribution in [1.82, 2.24) is 5.32 Å². The Morgan fingerprint density at radius 1 is 1.07 bits per heavy atom. The molecular formula is C24H41N3O3. The van der Waals surface area contributed by atoms with Crippen LogP contribution in [-0.4, -0.2) is 36.7 Å². The van der Waals surface area contributed by atoms with E-state index in [0.717, 1.165) is 25.2 Å². The van der Waals surface area contributed by atoms with Crippen molar-refractivity contribution in [2.45, 2.75) is 85.8 Å². The highest BCUT2D eigenvalue weighted by Crippen LogP contribution is 2.22. The molecule has 1 saturated heterocycles. The van der Waals surface area contributed by atoms with E-state index in [9.17, 15) is 9.59 Å². The summed E-state index contributed by atoms with van der Waals surface area (Å²) in [4.78, 5) is 27.3. The maximum absolute atomic E-state index is 12.8. The number of hydrogen-bond acceptors (Lipinski definition) is 4. The first-order valence-corrected chi connectivity index (χ1v) is 11.3. The molecule has 1 aromatic carbocycles. The summed E-state index contributed by atoms with van der Waals surface area (Å²) in [5.41, 5.74) is 1.30. The number of amides is 2. The molecule has 0 aromatic heterocycles. The van der Waals surface area contributed by atoms with Crippen molar-refractivity contribution in [2.75, 3.05) is 23.3 Å². The molecule has 1 fully saturated rings. The fourth-order valence-electron chi connectivity index (χ4n) is 3.26. The molecule has 2 atom stereocenters. The van der Waals surface area contributed by atoms with E-state index < -0.39 is 17.7 Å². The Balaban J connectivity index is 0.00000218. The number of alkyl carbamates (subject to hydrolysis) is 1. The largest absolute Gasteiger partial charge is 0.444 e. The first kappa shape index (κ1) is 25.8. The molecule has 2 N–H and O–H groups in total. The zero-order valence-corrected chi connectivity index (χ0v) is 19.9. The van der Waals surface area contributed by atoms with Crippen LogP contribution in [0.5, 0.6) is 0 Å². The van der Waals surface area contributed by atoms with Gasteiger partial charge in [0.15, 0.2) is 0 Å². The predicted octanol–water partition coefficient (Wildman–Crippen LogP) is 5.58. The normalized spacial score (nSPS) is 15.9. The third-order valence-electron chi connectivity index (χ3n) is 5.02. The highest BCUT2D eigenvalue weighted by atomic mass is 16.6. The van der Waals surface area contributed by atoms with Crippen LogP contribution < -0.4 is 15.5 Å². The van der Waals surface area contributed by atoms with Crippen LogP contribution in [0.1, 0.15) is 74.1 Å².